The Morgan fingerprint density at radius 3 is 0.917 bits per heavy atom. The maximum absolute atomic E-state index is 14.6. The number of halogens is 2. The van der Waals surface area contributed by atoms with E-state index in [1.54, 1.807) is 121 Å². The fourth-order valence-electron chi connectivity index (χ4n) is 3.09. The quantitative estimate of drug-likeness (QED) is 0.134. The predicted octanol–water partition coefficient (Wildman–Crippen LogP) is 8.82. The summed E-state index contributed by atoms with van der Waals surface area (Å²) in [4.78, 5) is 0. The second-order valence-corrected chi connectivity index (χ2v) is 13.5. The van der Waals surface area contributed by atoms with Gasteiger partial charge in [0.25, 0.3) is 0 Å². The van der Waals surface area contributed by atoms with Crippen molar-refractivity contribution >= 4 is 38.4 Å². The minimum atomic E-state index is -4.66. The standard InChI is InChI=1S/C26H22Cl2O6P2/c27-21-26(28,35(29,31-22-13-5-1-6-14-22)32-23-15-7-2-8-16-23)36(30,33-24-17-9-3-10-18-24)34-25-19-11-4-12-20-25/h1-20H,21H2. The van der Waals surface area contributed by atoms with Gasteiger partial charge in [0, 0.05) is 0 Å². The lowest BCUT2D eigenvalue weighted by atomic mass is 10.3. The van der Waals surface area contributed by atoms with Crippen LogP contribution < -0.4 is 18.1 Å². The normalized spacial score (nSPS) is 11.9. The zero-order chi connectivity index (χ0) is 25.5. The van der Waals surface area contributed by atoms with E-state index in [2.05, 4.69) is 0 Å². The van der Waals surface area contributed by atoms with Gasteiger partial charge in [-0.25, -0.2) is 9.13 Å². The van der Waals surface area contributed by atoms with Crippen LogP contribution in [0.3, 0.4) is 0 Å². The molecule has 0 aromatic heterocycles. The first kappa shape index (κ1) is 26.2. The van der Waals surface area contributed by atoms with Crippen LogP contribution in [-0.2, 0) is 9.13 Å². The summed E-state index contributed by atoms with van der Waals surface area (Å²) < 4.78 is 50.3. The molecule has 0 bridgehead atoms. The maximum atomic E-state index is 14.6. The van der Waals surface area contributed by atoms with Crippen molar-refractivity contribution in [2.45, 2.75) is 4.36 Å². The highest BCUT2D eigenvalue weighted by Crippen LogP contribution is 2.78. The SMILES string of the molecule is O=P(Oc1ccccc1)(Oc1ccccc1)C(Cl)(CCl)P(=O)(Oc1ccccc1)Oc1ccccc1. The molecular formula is C26H22Cl2O6P2. The molecule has 4 rings (SSSR count). The zero-order valence-electron chi connectivity index (χ0n) is 18.9. The summed E-state index contributed by atoms with van der Waals surface area (Å²) in [5.74, 6) is -0.00543. The van der Waals surface area contributed by atoms with Gasteiger partial charge in [0.1, 0.15) is 23.0 Å². The van der Waals surface area contributed by atoms with Crippen LogP contribution in [-0.4, -0.2) is 10.2 Å². The Kier molecular flexibility index (Phi) is 8.33. The molecule has 0 spiro atoms. The van der Waals surface area contributed by atoms with Crippen LogP contribution in [0.25, 0.3) is 0 Å². The third-order valence-electron chi connectivity index (χ3n) is 4.88. The molecule has 6 nitrogen and oxygen atoms in total. The van der Waals surface area contributed by atoms with Crippen LogP contribution in [0.15, 0.2) is 121 Å². The summed E-state index contributed by atoms with van der Waals surface area (Å²) in [6, 6.07) is 33.0. The molecule has 0 N–H and O–H groups in total. The number of benzene rings is 4. The van der Waals surface area contributed by atoms with Gasteiger partial charge in [0.2, 0.25) is 0 Å². The smallest absolute Gasteiger partial charge is 0.414 e. The molecule has 0 heterocycles. The monoisotopic (exact) mass is 562 g/mol. The number of alkyl halides is 2. The van der Waals surface area contributed by atoms with Crippen molar-refractivity contribution in [3.8, 4) is 23.0 Å². The predicted molar refractivity (Wildman–Crippen MR) is 143 cm³/mol. The molecule has 0 saturated heterocycles. The molecule has 0 saturated carbocycles. The molecule has 4 aromatic carbocycles. The summed E-state index contributed by atoms with van der Waals surface area (Å²) in [7, 11) is -9.32. The third kappa shape index (κ3) is 5.74. The third-order valence-corrected chi connectivity index (χ3v) is 12.4. The summed E-state index contributed by atoms with van der Waals surface area (Å²) >= 11 is 13.3. The Balaban J connectivity index is 1.86. The molecule has 186 valence electrons. The van der Waals surface area contributed by atoms with Gasteiger partial charge in [-0.3, -0.25) is 0 Å². The molecule has 0 unspecified atom stereocenters. The Labute approximate surface area is 219 Å². The van der Waals surface area contributed by atoms with Gasteiger partial charge in [0.15, 0.2) is 0 Å². The molecule has 0 aliphatic rings. The van der Waals surface area contributed by atoms with Crippen LogP contribution in [0.4, 0.5) is 0 Å². The van der Waals surface area contributed by atoms with Gasteiger partial charge < -0.3 is 18.1 Å². The topological polar surface area (TPSA) is 71.1 Å². The molecule has 0 amide bonds. The van der Waals surface area contributed by atoms with Crippen LogP contribution >= 0.6 is 38.4 Å². The molecular weight excluding hydrogens is 541 g/mol. The van der Waals surface area contributed by atoms with E-state index in [0.29, 0.717) is 0 Å². The number of rotatable bonds is 11. The Morgan fingerprint density at radius 2 is 0.722 bits per heavy atom. The molecule has 0 aliphatic carbocycles. The largest absolute Gasteiger partial charge is 0.467 e. The summed E-state index contributed by atoms with van der Waals surface area (Å²) in [5, 5.41) is 0. The van der Waals surface area contributed by atoms with Crippen molar-refractivity contribution in [1.82, 2.24) is 0 Å². The van der Waals surface area contributed by atoms with Crippen LogP contribution in [0.2, 0.25) is 0 Å². The highest BCUT2D eigenvalue weighted by Gasteiger charge is 2.69. The van der Waals surface area contributed by atoms with Gasteiger partial charge in [0.05, 0.1) is 5.88 Å². The van der Waals surface area contributed by atoms with Crippen LogP contribution in [0.1, 0.15) is 0 Å². The fourth-order valence-corrected chi connectivity index (χ4v) is 8.60. The van der Waals surface area contributed by atoms with E-state index in [0.717, 1.165) is 0 Å². The van der Waals surface area contributed by atoms with Crippen LogP contribution in [0.5, 0.6) is 23.0 Å². The molecule has 0 radical (unpaired) electrons. The second-order valence-electron chi connectivity index (χ2n) is 7.46. The molecule has 4 aromatic rings. The van der Waals surface area contributed by atoms with Gasteiger partial charge in [-0.2, -0.15) is 0 Å². The Morgan fingerprint density at radius 1 is 0.500 bits per heavy atom. The lowest BCUT2D eigenvalue weighted by molar-refractivity contribution is 0.350. The van der Waals surface area contributed by atoms with Crippen molar-refractivity contribution in [2.75, 3.05) is 5.88 Å². The van der Waals surface area contributed by atoms with E-state index in [-0.39, 0.29) is 23.0 Å². The van der Waals surface area contributed by atoms with E-state index in [1.165, 1.54) is 0 Å². The molecule has 0 atom stereocenters. The fraction of sp³-hybridized carbons (Fsp3) is 0.0769. The van der Waals surface area contributed by atoms with Gasteiger partial charge in [-0.1, -0.05) is 84.4 Å². The summed E-state index contributed by atoms with van der Waals surface area (Å²) in [6.07, 6.45) is 0. The first-order valence-electron chi connectivity index (χ1n) is 10.8. The molecule has 0 aliphatic heterocycles. The van der Waals surface area contributed by atoms with Gasteiger partial charge in [-0.05, 0) is 48.5 Å². The Bertz CT molecular complexity index is 1150. The lowest BCUT2D eigenvalue weighted by Crippen LogP contribution is -2.33. The summed E-state index contributed by atoms with van der Waals surface area (Å²) in [5.41, 5.74) is 0. The second kappa shape index (κ2) is 11.5. The highest BCUT2D eigenvalue weighted by atomic mass is 35.5. The highest BCUT2D eigenvalue weighted by molar-refractivity contribution is 7.78. The van der Waals surface area contributed by atoms with E-state index < -0.39 is 25.4 Å². The number of hydrogen-bond acceptors (Lipinski definition) is 6. The van der Waals surface area contributed by atoms with E-state index in [9.17, 15) is 9.13 Å². The number of para-hydroxylation sites is 4. The average molecular weight is 563 g/mol. The van der Waals surface area contributed by atoms with Gasteiger partial charge in [-0.15, -0.1) is 11.6 Å². The molecule has 10 heteroatoms. The lowest BCUT2D eigenvalue weighted by Gasteiger charge is -2.36. The van der Waals surface area contributed by atoms with Crippen molar-refractivity contribution in [2.24, 2.45) is 0 Å². The minimum absolute atomic E-state index is 0.165. The van der Waals surface area contributed by atoms with Crippen molar-refractivity contribution < 1.29 is 27.2 Å². The molecule has 36 heavy (non-hydrogen) atoms. The molecule has 0 fully saturated rings. The van der Waals surface area contributed by atoms with E-state index in [1.807, 2.05) is 0 Å². The zero-order valence-corrected chi connectivity index (χ0v) is 22.2. The minimum Gasteiger partial charge on any atom is -0.414 e. The van der Waals surface area contributed by atoms with E-state index in [4.69, 9.17) is 41.3 Å². The first-order chi connectivity index (χ1) is 17.4. The first-order valence-corrected chi connectivity index (χ1v) is 14.8. The average Bonchev–Trinajstić information content (AvgIpc) is 2.90. The Hall–Kier alpha value is -2.88. The van der Waals surface area contributed by atoms with Gasteiger partial charge >= 0.3 is 19.5 Å². The number of hydrogen-bond donors (Lipinski definition) is 0. The van der Waals surface area contributed by atoms with Crippen molar-refractivity contribution in [1.29, 1.82) is 0 Å². The maximum Gasteiger partial charge on any atom is 0.467 e. The van der Waals surface area contributed by atoms with Crippen molar-refractivity contribution in [3.05, 3.63) is 121 Å². The van der Waals surface area contributed by atoms with Crippen molar-refractivity contribution in [3.63, 3.8) is 0 Å². The summed E-state index contributed by atoms with van der Waals surface area (Å²) in [6.45, 7) is 0. The van der Waals surface area contributed by atoms with Crippen LogP contribution in [0, 0.1) is 0 Å². The van der Waals surface area contributed by atoms with E-state index >= 15 is 0 Å².